The molecular formula is C15H15F3N4S. The molecule has 0 radical (unpaired) electrons. The van der Waals surface area contributed by atoms with E-state index in [1.807, 2.05) is 6.92 Å². The van der Waals surface area contributed by atoms with Gasteiger partial charge in [-0.25, -0.2) is 0 Å². The van der Waals surface area contributed by atoms with Crippen LogP contribution in [0.5, 0.6) is 0 Å². The third kappa shape index (κ3) is 4.56. The molecule has 2 N–H and O–H groups in total. The highest BCUT2D eigenvalue weighted by Crippen LogP contribution is 2.30. The molecule has 0 fully saturated rings. The van der Waals surface area contributed by atoms with Gasteiger partial charge in [-0.15, -0.1) is 0 Å². The highest BCUT2D eigenvalue weighted by atomic mass is 32.1. The molecule has 0 saturated carbocycles. The van der Waals surface area contributed by atoms with E-state index in [4.69, 9.17) is 12.2 Å². The molecule has 2 rings (SSSR count). The fraction of sp³-hybridized carbons (Fsp3) is 0.200. The van der Waals surface area contributed by atoms with Gasteiger partial charge in [0.1, 0.15) is 0 Å². The van der Waals surface area contributed by atoms with E-state index in [1.54, 1.807) is 29.0 Å². The zero-order valence-electron chi connectivity index (χ0n) is 12.3. The van der Waals surface area contributed by atoms with Crippen molar-refractivity contribution in [2.45, 2.75) is 13.1 Å². The van der Waals surface area contributed by atoms with Crippen molar-refractivity contribution in [3.63, 3.8) is 0 Å². The van der Waals surface area contributed by atoms with Gasteiger partial charge in [0.2, 0.25) is 0 Å². The van der Waals surface area contributed by atoms with Gasteiger partial charge in [0.25, 0.3) is 0 Å². The number of nitrogens with one attached hydrogen (secondary N) is 2. The number of benzene rings is 1. The van der Waals surface area contributed by atoms with Crippen LogP contribution in [0.4, 0.5) is 13.2 Å². The van der Waals surface area contributed by atoms with Crippen molar-refractivity contribution in [3.05, 3.63) is 53.9 Å². The van der Waals surface area contributed by atoms with E-state index in [9.17, 15) is 13.2 Å². The molecule has 0 aliphatic carbocycles. The van der Waals surface area contributed by atoms with Crippen molar-refractivity contribution in [1.29, 1.82) is 0 Å². The standard InChI is InChI=1S/C15H15F3N4S/c1-2-19-14(23)21-20-10-13-7-4-8-22(13)12-6-3-5-11(9-12)15(16,17)18/h3-10H,2H2,1H3,(H2,19,21,23). The normalized spacial score (nSPS) is 11.7. The summed E-state index contributed by atoms with van der Waals surface area (Å²) in [5.41, 5.74) is 2.96. The van der Waals surface area contributed by atoms with Crippen LogP contribution in [0.25, 0.3) is 5.69 Å². The van der Waals surface area contributed by atoms with Gasteiger partial charge in [0.15, 0.2) is 5.11 Å². The Balaban J connectivity index is 2.21. The second-order valence-corrected chi connectivity index (χ2v) is 4.99. The van der Waals surface area contributed by atoms with Gasteiger partial charge in [-0.05, 0) is 49.5 Å². The monoisotopic (exact) mass is 340 g/mol. The van der Waals surface area contributed by atoms with E-state index in [-0.39, 0.29) is 0 Å². The van der Waals surface area contributed by atoms with Crippen LogP contribution in [0.2, 0.25) is 0 Å². The van der Waals surface area contributed by atoms with Crippen LogP contribution in [0.1, 0.15) is 18.2 Å². The molecule has 0 aliphatic rings. The summed E-state index contributed by atoms with van der Waals surface area (Å²) in [7, 11) is 0. The minimum absolute atomic E-state index is 0.376. The zero-order chi connectivity index (χ0) is 16.9. The smallest absolute Gasteiger partial charge is 0.362 e. The van der Waals surface area contributed by atoms with Gasteiger partial charge in [0.05, 0.1) is 17.5 Å². The molecular weight excluding hydrogens is 325 g/mol. The minimum Gasteiger partial charge on any atom is -0.362 e. The lowest BCUT2D eigenvalue weighted by atomic mass is 10.2. The Morgan fingerprint density at radius 2 is 2.09 bits per heavy atom. The summed E-state index contributed by atoms with van der Waals surface area (Å²) in [5.74, 6) is 0. The second kappa shape index (κ2) is 7.28. The van der Waals surface area contributed by atoms with E-state index < -0.39 is 11.7 Å². The zero-order valence-corrected chi connectivity index (χ0v) is 13.1. The lowest BCUT2D eigenvalue weighted by Gasteiger charge is -2.11. The molecule has 0 spiro atoms. The molecule has 23 heavy (non-hydrogen) atoms. The number of nitrogens with zero attached hydrogens (tertiary/aromatic N) is 2. The first-order valence-electron chi connectivity index (χ1n) is 6.83. The Kier molecular flexibility index (Phi) is 5.38. The molecule has 0 atom stereocenters. The lowest BCUT2D eigenvalue weighted by molar-refractivity contribution is -0.137. The van der Waals surface area contributed by atoms with Crippen LogP contribution in [-0.2, 0) is 6.18 Å². The first-order chi connectivity index (χ1) is 10.9. The summed E-state index contributed by atoms with van der Waals surface area (Å²) in [6, 6.07) is 8.57. The molecule has 4 nitrogen and oxygen atoms in total. The van der Waals surface area contributed by atoms with Gasteiger partial charge >= 0.3 is 6.18 Å². The van der Waals surface area contributed by atoms with Gasteiger partial charge in [-0.2, -0.15) is 18.3 Å². The number of aromatic nitrogens is 1. The van der Waals surface area contributed by atoms with Crippen molar-refractivity contribution in [1.82, 2.24) is 15.3 Å². The van der Waals surface area contributed by atoms with Gasteiger partial charge < -0.3 is 9.88 Å². The number of hydrazone groups is 1. The lowest BCUT2D eigenvalue weighted by Crippen LogP contribution is -2.31. The number of rotatable bonds is 4. The Morgan fingerprint density at radius 3 is 2.78 bits per heavy atom. The maximum Gasteiger partial charge on any atom is 0.416 e. The van der Waals surface area contributed by atoms with E-state index in [0.29, 0.717) is 23.0 Å². The predicted octanol–water partition coefficient (Wildman–Crippen LogP) is 3.31. The van der Waals surface area contributed by atoms with E-state index in [1.165, 1.54) is 12.3 Å². The summed E-state index contributed by atoms with van der Waals surface area (Å²) >= 11 is 4.96. The Bertz CT molecular complexity index is 707. The summed E-state index contributed by atoms with van der Waals surface area (Å²) in [4.78, 5) is 0. The third-order valence-electron chi connectivity index (χ3n) is 2.93. The average molecular weight is 340 g/mol. The second-order valence-electron chi connectivity index (χ2n) is 4.58. The quantitative estimate of drug-likeness (QED) is 0.510. The van der Waals surface area contributed by atoms with Crippen molar-refractivity contribution in [3.8, 4) is 5.69 Å². The molecule has 1 aromatic heterocycles. The SMILES string of the molecule is CCNC(=S)NN=Cc1cccn1-c1cccc(C(F)(F)F)c1. The molecule has 0 amide bonds. The summed E-state index contributed by atoms with van der Waals surface area (Å²) in [5, 5.41) is 7.21. The topological polar surface area (TPSA) is 41.4 Å². The van der Waals surface area contributed by atoms with Crippen molar-refractivity contribution >= 4 is 23.5 Å². The third-order valence-corrected chi connectivity index (χ3v) is 3.17. The van der Waals surface area contributed by atoms with Gasteiger partial charge in [-0.1, -0.05) is 6.07 Å². The fourth-order valence-corrected chi connectivity index (χ4v) is 2.12. The van der Waals surface area contributed by atoms with E-state index in [2.05, 4.69) is 15.8 Å². The molecule has 1 aromatic carbocycles. The molecule has 122 valence electrons. The van der Waals surface area contributed by atoms with Gasteiger partial charge in [-0.3, -0.25) is 5.43 Å². The Labute approximate surface area is 137 Å². The highest BCUT2D eigenvalue weighted by Gasteiger charge is 2.30. The minimum atomic E-state index is -4.38. The first kappa shape index (κ1) is 17.0. The van der Waals surface area contributed by atoms with Gasteiger partial charge in [0, 0.05) is 18.4 Å². The maximum atomic E-state index is 12.8. The van der Waals surface area contributed by atoms with Crippen LogP contribution in [0.15, 0.2) is 47.7 Å². The average Bonchev–Trinajstić information content (AvgIpc) is 2.95. The summed E-state index contributed by atoms with van der Waals surface area (Å²) in [6.45, 7) is 2.57. The Morgan fingerprint density at radius 1 is 1.30 bits per heavy atom. The molecule has 0 unspecified atom stereocenters. The number of hydrogen-bond donors (Lipinski definition) is 2. The molecule has 0 bridgehead atoms. The van der Waals surface area contributed by atoms with Crippen LogP contribution in [-0.4, -0.2) is 22.4 Å². The molecule has 2 aromatic rings. The predicted molar refractivity (Wildman–Crippen MR) is 87.8 cm³/mol. The molecule has 1 heterocycles. The highest BCUT2D eigenvalue weighted by molar-refractivity contribution is 7.80. The molecule has 0 aliphatic heterocycles. The van der Waals surface area contributed by atoms with Crippen molar-refractivity contribution < 1.29 is 13.2 Å². The number of hydrogen-bond acceptors (Lipinski definition) is 2. The van der Waals surface area contributed by atoms with Crippen LogP contribution < -0.4 is 10.7 Å². The van der Waals surface area contributed by atoms with E-state index >= 15 is 0 Å². The van der Waals surface area contributed by atoms with E-state index in [0.717, 1.165) is 12.1 Å². The fourth-order valence-electron chi connectivity index (χ4n) is 1.92. The first-order valence-corrected chi connectivity index (χ1v) is 7.24. The largest absolute Gasteiger partial charge is 0.416 e. The van der Waals surface area contributed by atoms with Crippen molar-refractivity contribution in [2.75, 3.05) is 6.54 Å². The number of alkyl halides is 3. The summed E-state index contributed by atoms with van der Waals surface area (Å²) in [6.07, 6.45) is -1.22. The van der Waals surface area contributed by atoms with Crippen LogP contribution in [0.3, 0.4) is 0 Å². The maximum absolute atomic E-state index is 12.8. The summed E-state index contributed by atoms with van der Waals surface area (Å²) < 4.78 is 40.0. The molecule has 8 heteroatoms. The van der Waals surface area contributed by atoms with Crippen LogP contribution >= 0.6 is 12.2 Å². The van der Waals surface area contributed by atoms with Crippen LogP contribution in [0, 0.1) is 0 Å². The number of thiocarbonyl (C=S) groups is 1. The molecule has 0 saturated heterocycles. The van der Waals surface area contributed by atoms with Crippen molar-refractivity contribution in [2.24, 2.45) is 5.10 Å². The number of halogens is 3. The Hall–Kier alpha value is -2.35.